The maximum absolute atomic E-state index is 12.8. The van der Waals surface area contributed by atoms with Gasteiger partial charge in [-0.2, -0.15) is 11.8 Å². The molecule has 2 amide bonds. The van der Waals surface area contributed by atoms with Crippen molar-refractivity contribution in [2.45, 2.75) is 12.1 Å². The Kier molecular flexibility index (Phi) is 4.90. The number of nitrogens with zero attached hydrogens (tertiary/aromatic N) is 1. The van der Waals surface area contributed by atoms with Crippen molar-refractivity contribution in [2.75, 3.05) is 31.2 Å². The zero-order valence-corrected chi connectivity index (χ0v) is 13.5. The van der Waals surface area contributed by atoms with Gasteiger partial charge in [0.25, 0.3) is 5.91 Å². The molecule has 3 rings (SSSR count). The summed E-state index contributed by atoms with van der Waals surface area (Å²) in [6.07, 6.45) is -0.722. The Bertz CT molecular complexity index is 578. The highest BCUT2D eigenvalue weighted by Gasteiger charge is 2.39. The number of morpholine rings is 1. The third-order valence-electron chi connectivity index (χ3n) is 3.82. The molecule has 2 heterocycles. The van der Waals surface area contributed by atoms with Crippen LogP contribution in [0, 0.1) is 0 Å². The minimum absolute atomic E-state index is 0.0785. The number of carbonyl (C=O) groups is 2. The number of rotatable bonds is 2. The molecule has 2 aliphatic heterocycles. The average molecular weight is 341 g/mol. The predicted octanol–water partition coefficient (Wildman–Crippen LogP) is 1.47. The van der Waals surface area contributed by atoms with E-state index in [0.29, 0.717) is 23.7 Å². The van der Waals surface area contributed by atoms with E-state index in [1.165, 1.54) is 0 Å². The zero-order valence-electron chi connectivity index (χ0n) is 12.0. The topological polar surface area (TPSA) is 58.6 Å². The second-order valence-corrected chi connectivity index (χ2v) is 6.87. The molecule has 7 heteroatoms. The fourth-order valence-corrected chi connectivity index (χ4v) is 3.85. The minimum Gasteiger partial charge on any atom is -0.356 e. The van der Waals surface area contributed by atoms with E-state index < -0.39 is 12.1 Å². The Hall–Kier alpha value is -1.24. The highest BCUT2D eigenvalue weighted by atomic mass is 35.5. The Morgan fingerprint density at radius 3 is 2.77 bits per heavy atom. The molecule has 2 saturated heterocycles. The van der Waals surface area contributed by atoms with Gasteiger partial charge in [0.15, 0.2) is 6.10 Å². The van der Waals surface area contributed by atoms with Crippen LogP contribution in [0.25, 0.3) is 0 Å². The van der Waals surface area contributed by atoms with Crippen LogP contribution >= 0.6 is 23.4 Å². The Labute approximate surface area is 138 Å². The number of nitrogens with one attached hydrogen (secondary N) is 1. The summed E-state index contributed by atoms with van der Waals surface area (Å²) in [5.41, 5.74) is 0.710. The summed E-state index contributed by atoms with van der Waals surface area (Å²) in [5.74, 6) is 1.55. The molecule has 2 fully saturated rings. The Morgan fingerprint density at radius 1 is 1.32 bits per heavy atom. The van der Waals surface area contributed by atoms with Crippen LogP contribution in [-0.4, -0.2) is 54.0 Å². The fourth-order valence-electron chi connectivity index (χ4n) is 2.70. The first-order valence-electron chi connectivity index (χ1n) is 7.19. The standard InChI is InChI=1S/C15H17ClN2O3S/c16-11-4-2-1-3-10(11)13-14(21-9-12(19)17-13)15(20)18-5-7-22-8-6-18/h1-4,13-14H,5-9H2,(H,17,19). The molecule has 1 aromatic rings. The van der Waals surface area contributed by atoms with Crippen molar-refractivity contribution >= 4 is 35.2 Å². The molecule has 0 spiro atoms. The summed E-state index contributed by atoms with van der Waals surface area (Å²) in [6.45, 7) is 1.33. The molecule has 0 aliphatic carbocycles. The third kappa shape index (κ3) is 3.24. The van der Waals surface area contributed by atoms with E-state index >= 15 is 0 Å². The summed E-state index contributed by atoms with van der Waals surface area (Å²) in [4.78, 5) is 26.3. The number of amides is 2. The van der Waals surface area contributed by atoms with Crippen molar-refractivity contribution in [3.05, 3.63) is 34.9 Å². The lowest BCUT2D eigenvalue weighted by molar-refractivity contribution is -0.155. The van der Waals surface area contributed by atoms with Crippen LogP contribution in [0.1, 0.15) is 11.6 Å². The highest BCUT2D eigenvalue weighted by molar-refractivity contribution is 7.99. The minimum atomic E-state index is -0.722. The van der Waals surface area contributed by atoms with Crippen LogP contribution in [-0.2, 0) is 14.3 Å². The van der Waals surface area contributed by atoms with Crippen LogP contribution in [0.4, 0.5) is 0 Å². The number of thioether (sulfide) groups is 1. The maximum atomic E-state index is 12.8. The average Bonchev–Trinajstić information content (AvgIpc) is 2.55. The molecule has 0 aromatic heterocycles. The number of ether oxygens (including phenoxy) is 1. The van der Waals surface area contributed by atoms with Crippen LogP contribution in [0.5, 0.6) is 0 Å². The van der Waals surface area contributed by atoms with Gasteiger partial charge in [0.1, 0.15) is 6.61 Å². The number of hydrogen-bond donors (Lipinski definition) is 1. The van der Waals surface area contributed by atoms with Crippen LogP contribution in [0.3, 0.4) is 0 Å². The Morgan fingerprint density at radius 2 is 2.05 bits per heavy atom. The molecule has 2 unspecified atom stereocenters. The molecule has 0 bridgehead atoms. The molecule has 1 aromatic carbocycles. The Balaban J connectivity index is 1.85. The fraction of sp³-hybridized carbons (Fsp3) is 0.467. The first kappa shape index (κ1) is 15.6. The van der Waals surface area contributed by atoms with Gasteiger partial charge in [0, 0.05) is 29.6 Å². The van der Waals surface area contributed by atoms with Gasteiger partial charge in [-0.05, 0) is 11.6 Å². The van der Waals surface area contributed by atoms with Crippen molar-refractivity contribution < 1.29 is 14.3 Å². The molecule has 0 radical (unpaired) electrons. The second kappa shape index (κ2) is 6.89. The largest absolute Gasteiger partial charge is 0.356 e. The number of hydrogen-bond acceptors (Lipinski definition) is 4. The van der Waals surface area contributed by atoms with Gasteiger partial charge >= 0.3 is 0 Å². The number of benzene rings is 1. The summed E-state index contributed by atoms with van der Waals surface area (Å²) in [7, 11) is 0. The lowest BCUT2D eigenvalue weighted by atomic mass is 9.98. The molecule has 1 N–H and O–H groups in total. The van der Waals surface area contributed by atoms with Gasteiger partial charge < -0.3 is 15.0 Å². The van der Waals surface area contributed by atoms with Gasteiger partial charge in [-0.25, -0.2) is 0 Å². The van der Waals surface area contributed by atoms with Gasteiger partial charge in [-0.1, -0.05) is 29.8 Å². The zero-order chi connectivity index (χ0) is 15.5. The molecule has 0 saturated carbocycles. The first-order valence-corrected chi connectivity index (χ1v) is 8.72. The molecule has 22 heavy (non-hydrogen) atoms. The van der Waals surface area contributed by atoms with Gasteiger partial charge in [0.2, 0.25) is 5.91 Å². The smallest absolute Gasteiger partial charge is 0.254 e. The maximum Gasteiger partial charge on any atom is 0.254 e. The van der Waals surface area contributed by atoms with Crippen molar-refractivity contribution in [3.8, 4) is 0 Å². The van der Waals surface area contributed by atoms with E-state index in [4.69, 9.17) is 16.3 Å². The van der Waals surface area contributed by atoms with E-state index in [1.54, 1.807) is 6.07 Å². The lowest BCUT2D eigenvalue weighted by Crippen LogP contribution is -2.54. The van der Waals surface area contributed by atoms with Gasteiger partial charge in [-0.3, -0.25) is 9.59 Å². The number of carbonyl (C=O) groups excluding carboxylic acids is 2. The van der Waals surface area contributed by atoms with E-state index in [0.717, 1.165) is 11.5 Å². The number of halogens is 1. The molecule has 118 valence electrons. The quantitative estimate of drug-likeness (QED) is 0.885. The van der Waals surface area contributed by atoms with Crippen molar-refractivity contribution in [3.63, 3.8) is 0 Å². The highest BCUT2D eigenvalue weighted by Crippen LogP contribution is 2.29. The van der Waals surface area contributed by atoms with Crippen molar-refractivity contribution in [1.82, 2.24) is 10.2 Å². The van der Waals surface area contributed by atoms with Crippen LogP contribution in [0.2, 0.25) is 5.02 Å². The normalized spacial score (nSPS) is 25.7. The van der Waals surface area contributed by atoms with Crippen molar-refractivity contribution in [2.24, 2.45) is 0 Å². The van der Waals surface area contributed by atoms with Gasteiger partial charge in [-0.15, -0.1) is 0 Å². The molecule has 5 nitrogen and oxygen atoms in total. The second-order valence-electron chi connectivity index (χ2n) is 5.24. The predicted molar refractivity (Wildman–Crippen MR) is 86.0 cm³/mol. The van der Waals surface area contributed by atoms with Crippen LogP contribution < -0.4 is 5.32 Å². The molecule has 2 aliphatic rings. The summed E-state index contributed by atoms with van der Waals surface area (Å²) >= 11 is 8.06. The van der Waals surface area contributed by atoms with E-state index in [2.05, 4.69) is 5.32 Å². The summed E-state index contributed by atoms with van der Waals surface area (Å²) in [6, 6.07) is 6.67. The summed E-state index contributed by atoms with van der Waals surface area (Å²) in [5, 5.41) is 3.36. The van der Waals surface area contributed by atoms with E-state index in [1.807, 2.05) is 34.9 Å². The van der Waals surface area contributed by atoms with Crippen LogP contribution in [0.15, 0.2) is 24.3 Å². The van der Waals surface area contributed by atoms with Gasteiger partial charge in [0.05, 0.1) is 6.04 Å². The third-order valence-corrected chi connectivity index (χ3v) is 5.11. The van der Waals surface area contributed by atoms with E-state index in [9.17, 15) is 9.59 Å². The van der Waals surface area contributed by atoms with E-state index in [-0.39, 0.29) is 18.4 Å². The first-order chi connectivity index (χ1) is 10.7. The molecular formula is C15H17ClN2O3S. The molecular weight excluding hydrogens is 324 g/mol. The SMILES string of the molecule is O=C1COC(C(=O)N2CCSCC2)C(c2ccccc2Cl)N1. The van der Waals surface area contributed by atoms with Crippen molar-refractivity contribution in [1.29, 1.82) is 0 Å². The molecule has 2 atom stereocenters. The summed E-state index contributed by atoms with van der Waals surface area (Å²) < 4.78 is 5.56. The monoisotopic (exact) mass is 340 g/mol. The lowest BCUT2D eigenvalue weighted by Gasteiger charge is -2.36.